The first-order valence-electron chi connectivity index (χ1n) is 9.43. The third-order valence-electron chi connectivity index (χ3n) is 5.50. The van der Waals surface area contributed by atoms with Crippen LogP contribution in [-0.4, -0.2) is 53.5 Å². The first kappa shape index (κ1) is 19.4. The summed E-state index contributed by atoms with van der Waals surface area (Å²) in [6.07, 6.45) is 6.02. The molecule has 1 aliphatic heterocycles. The van der Waals surface area contributed by atoms with Gasteiger partial charge in [-0.05, 0) is 50.5 Å². The molecule has 2 N–H and O–H groups in total. The van der Waals surface area contributed by atoms with Crippen LogP contribution >= 0.6 is 0 Å². The van der Waals surface area contributed by atoms with Crippen LogP contribution in [0.4, 0.5) is 0 Å². The fourth-order valence-electron chi connectivity index (χ4n) is 3.89. The highest BCUT2D eigenvalue weighted by molar-refractivity contribution is 7.89. The molecule has 1 aliphatic carbocycles. The van der Waals surface area contributed by atoms with E-state index >= 15 is 0 Å². The number of nitrogens with zero attached hydrogens (tertiary/aromatic N) is 2. The Morgan fingerprint density at radius 3 is 2.58 bits per heavy atom. The van der Waals surface area contributed by atoms with Crippen LogP contribution in [0.25, 0.3) is 0 Å². The van der Waals surface area contributed by atoms with E-state index in [-0.39, 0.29) is 22.9 Å². The number of piperidine rings is 1. The summed E-state index contributed by atoms with van der Waals surface area (Å²) in [6.45, 7) is 3.13. The standard InChI is InChI=1S/C18H29N3O4S/c1-13-4-3-9-21(11-13)26(24,25)16-10-17(20(2)12-16)18(23)19-14-5-7-15(22)8-6-14/h10,12-15,22H,3-9,11H2,1-2H3,(H,19,23). The van der Waals surface area contributed by atoms with Gasteiger partial charge in [-0.3, -0.25) is 4.79 Å². The van der Waals surface area contributed by atoms with Gasteiger partial charge in [-0.15, -0.1) is 0 Å². The zero-order valence-corrected chi connectivity index (χ0v) is 16.3. The molecule has 26 heavy (non-hydrogen) atoms. The lowest BCUT2D eigenvalue weighted by Crippen LogP contribution is -2.39. The highest BCUT2D eigenvalue weighted by Gasteiger charge is 2.31. The van der Waals surface area contributed by atoms with Gasteiger partial charge in [-0.2, -0.15) is 4.31 Å². The summed E-state index contributed by atoms with van der Waals surface area (Å²) in [5.41, 5.74) is 0.347. The number of nitrogens with one attached hydrogen (secondary N) is 1. The molecule has 1 unspecified atom stereocenters. The van der Waals surface area contributed by atoms with Gasteiger partial charge in [0.1, 0.15) is 10.6 Å². The zero-order chi connectivity index (χ0) is 18.9. The predicted octanol–water partition coefficient (Wildman–Crippen LogP) is 1.48. The molecular formula is C18H29N3O4S. The second-order valence-electron chi connectivity index (χ2n) is 7.76. The van der Waals surface area contributed by atoms with E-state index in [1.165, 1.54) is 16.6 Å². The molecule has 0 bridgehead atoms. The lowest BCUT2D eigenvalue weighted by molar-refractivity contribution is 0.0860. The lowest BCUT2D eigenvalue weighted by atomic mass is 9.93. The molecule has 0 aromatic carbocycles. The molecule has 8 heteroatoms. The van der Waals surface area contributed by atoms with E-state index < -0.39 is 10.0 Å². The summed E-state index contributed by atoms with van der Waals surface area (Å²) < 4.78 is 28.9. The first-order valence-corrected chi connectivity index (χ1v) is 10.9. The van der Waals surface area contributed by atoms with E-state index in [2.05, 4.69) is 12.2 Å². The summed E-state index contributed by atoms with van der Waals surface area (Å²) in [5.74, 6) is 0.0917. The Kier molecular flexibility index (Phi) is 5.74. The van der Waals surface area contributed by atoms with Gasteiger partial charge in [-0.1, -0.05) is 6.92 Å². The number of aromatic nitrogens is 1. The van der Waals surface area contributed by atoms with E-state index in [0.29, 0.717) is 37.5 Å². The Morgan fingerprint density at radius 2 is 1.92 bits per heavy atom. The Balaban J connectivity index is 1.73. The van der Waals surface area contributed by atoms with Crippen molar-refractivity contribution in [3.05, 3.63) is 18.0 Å². The predicted molar refractivity (Wildman–Crippen MR) is 98.3 cm³/mol. The van der Waals surface area contributed by atoms with Gasteiger partial charge in [0.2, 0.25) is 10.0 Å². The summed E-state index contributed by atoms with van der Waals surface area (Å²) in [4.78, 5) is 12.8. The van der Waals surface area contributed by atoms with E-state index in [9.17, 15) is 18.3 Å². The number of amides is 1. The molecule has 2 heterocycles. The van der Waals surface area contributed by atoms with E-state index in [0.717, 1.165) is 25.7 Å². The van der Waals surface area contributed by atoms with E-state index in [4.69, 9.17) is 0 Å². The van der Waals surface area contributed by atoms with Crippen molar-refractivity contribution in [3.8, 4) is 0 Å². The lowest BCUT2D eigenvalue weighted by Gasteiger charge is -2.29. The minimum atomic E-state index is -3.57. The molecular weight excluding hydrogens is 354 g/mol. The largest absolute Gasteiger partial charge is 0.393 e. The molecule has 2 aliphatic rings. The third kappa shape index (κ3) is 4.13. The number of hydrogen-bond donors (Lipinski definition) is 2. The Labute approximate surface area is 155 Å². The maximum absolute atomic E-state index is 12.9. The van der Waals surface area contributed by atoms with Gasteiger partial charge >= 0.3 is 0 Å². The maximum atomic E-state index is 12.9. The molecule has 7 nitrogen and oxygen atoms in total. The number of carbonyl (C=O) groups excluding carboxylic acids is 1. The molecule has 146 valence electrons. The molecule has 1 saturated carbocycles. The van der Waals surface area contributed by atoms with Crippen LogP contribution < -0.4 is 5.32 Å². The van der Waals surface area contributed by atoms with Crippen molar-refractivity contribution in [2.75, 3.05) is 13.1 Å². The van der Waals surface area contributed by atoms with Gasteiger partial charge in [0, 0.05) is 32.4 Å². The van der Waals surface area contributed by atoms with Crippen molar-refractivity contribution in [2.24, 2.45) is 13.0 Å². The monoisotopic (exact) mass is 383 g/mol. The van der Waals surface area contributed by atoms with Crippen molar-refractivity contribution in [2.45, 2.75) is 62.5 Å². The second-order valence-corrected chi connectivity index (χ2v) is 9.70. The smallest absolute Gasteiger partial charge is 0.268 e. The topological polar surface area (TPSA) is 91.6 Å². The number of aryl methyl sites for hydroxylation is 1. The zero-order valence-electron chi connectivity index (χ0n) is 15.5. The van der Waals surface area contributed by atoms with Gasteiger partial charge in [0.15, 0.2) is 0 Å². The minimum Gasteiger partial charge on any atom is -0.393 e. The van der Waals surface area contributed by atoms with Crippen molar-refractivity contribution < 1.29 is 18.3 Å². The number of hydrogen-bond acceptors (Lipinski definition) is 4. The van der Waals surface area contributed by atoms with Crippen molar-refractivity contribution in [3.63, 3.8) is 0 Å². The van der Waals surface area contributed by atoms with Crippen LogP contribution in [0.1, 0.15) is 55.9 Å². The van der Waals surface area contributed by atoms with Gasteiger partial charge < -0.3 is 15.0 Å². The van der Waals surface area contributed by atoms with Crippen LogP contribution in [0, 0.1) is 5.92 Å². The molecule has 1 saturated heterocycles. The number of carbonyl (C=O) groups is 1. The second kappa shape index (κ2) is 7.70. The highest BCUT2D eigenvalue weighted by atomic mass is 32.2. The van der Waals surface area contributed by atoms with E-state index in [1.54, 1.807) is 11.6 Å². The third-order valence-corrected chi connectivity index (χ3v) is 7.33. The minimum absolute atomic E-state index is 0.0313. The molecule has 1 amide bonds. The molecule has 1 aromatic rings. The molecule has 0 radical (unpaired) electrons. The van der Waals surface area contributed by atoms with Crippen LogP contribution in [0.3, 0.4) is 0 Å². The molecule has 1 aromatic heterocycles. The number of rotatable bonds is 4. The van der Waals surface area contributed by atoms with Crippen molar-refractivity contribution in [1.82, 2.24) is 14.2 Å². The Hall–Kier alpha value is -1.38. The van der Waals surface area contributed by atoms with Crippen molar-refractivity contribution in [1.29, 1.82) is 0 Å². The summed E-state index contributed by atoms with van der Waals surface area (Å²) in [5, 5.41) is 12.5. The fourth-order valence-corrected chi connectivity index (χ4v) is 5.56. The van der Waals surface area contributed by atoms with Crippen LogP contribution in [-0.2, 0) is 17.1 Å². The molecule has 2 fully saturated rings. The Bertz CT molecular complexity index is 750. The van der Waals surface area contributed by atoms with Gasteiger partial charge in [0.25, 0.3) is 5.91 Å². The molecule has 1 atom stereocenters. The normalized spacial score (nSPS) is 28.0. The summed E-state index contributed by atoms with van der Waals surface area (Å²) >= 11 is 0. The first-order chi connectivity index (χ1) is 12.3. The molecule has 0 spiro atoms. The van der Waals surface area contributed by atoms with E-state index in [1.807, 2.05) is 0 Å². The number of aliphatic hydroxyl groups excluding tert-OH is 1. The number of aliphatic hydroxyl groups is 1. The quantitative estimate of drug-likeness (QED) is 0.824. The van der Waals surface area contributed by atoms with Crippen LogP contribution in [0.5, 0.6) is 0 Å². The maximum Gasteiger partial charge on any atom is 0.268 e. The highest BCUT2D eigenvalue weighted by Crippen LogP contribution is 2.25. The Morgan fingerprint density at radius 1 is 1.23 bits per heavy atom. The summed E-state index contributed by atoms with van der Waals surface area (Å²) in [6, 6.07) is 1.51. The fraction of sp³-hybridized carbons (Fsp3) is 0.722. The van der Waals surface area contributed by atoms with Crippen LogP contribution in [0.2, 0.25) is 0 Å². The van der Waals surface area contributed by atoms with Crippen LogP contribution in [0.15, 0.2) is 17.2 Å². The van der Waals surface area contributed by atoms with Crippen molar-refractivity contribution >= 4 is 15.9 Å². The summed E-state index contributed by atoms with van der Waals surface area (Å²) in [7, 11) is -1.88. The SMILES string of the molecule is CC1CCCN(S(=O)(=O)c2cc(C(=O)NC3CCC(O)CC3)n(C)c2)C1. The average Bonchev–Trinajstić information content (AvgIpc) is 3.00. The van der Waals surface area contributed by atoms with Gasteiger partial charge in [-0.25, -0.2) is 8.42 Å². The van der Waals surface area contributed by atoms with Gasteiger partial charge in [0.05, 0.1) is 6.10 Å². The average molecular weight is 384 g/mol. The number of sulfonamides is 1. The molecule has 3 rings (SSSR count).